The van der Waals surface area contributed by atoms with Crippen molar-refractivity contribution >= 4 is 6.09 Å². The molecule has 0 bridgehead atoms. The van der Waals surface area contributed by atoms with Crippen LogP contribution in [0.1, 0.15) is 40.0 Å². The van der Waals surface area contributed by atoms with Crippen LogP contribution in [-0.4, -0.2) is 56.0 Å². The van der Waals surface area contributed by atoms with Gasteiger partial charge >= 0.3 is 6.09 Å². The fraction of sp³-hybridized carbons (Fsp3) is 0.933. The molecule has 0 aromatic carbocycles. The summed E-state index contributed by atoms with van der Waals surface area (Å²) in [6.07, 6.45) is 3.34. The van der Waals surface area contributed by atoms with Crippen molar-refractivity contribution < 1.29 is 14.3 Å². The summed E-state index contributed by atoms with van der Waals surface area (Å²) in [4.78, 5) is 14.0. The van der Waals surface area contributed by atoms with E-state index in [2.05, 4.69) is 10.2 Å². The lowest BCUT2D eigenvalue weighted by atomic mass is 9.78. The standard InChI is InChI=1S/C15H28N2O3/c1-14(2,3)20-13(18)16-7-10-17-8-4-15(5-9-17)6-11-19-12-15/h4-12H2,1-3H3,(H,16,18). The predicted octanol–water partition coefficient (Wildman–Crippen LogP) is 2.01. The molecule has 0 saturated carbocycles. The van der Waals surface area contributed by atoms with E-state index < -0.39 is 5.60 Å². The molecule has 0 aliphatic carbocycles. The number of amides is 1. The van der Waals surface area contributed by atoms with Crippen LogP contribution in [0.25, 0.3) is 0 Å². The highest BCUT2D eigenvalue weighted by Gasteiger charge is 2.37. The van der Waals surface area contributed by atoms with Gasteiger partial charge in [-0.15, -0.1) is 0 Å². The van der Waals surface area contributed by atoms with Crippen molar-refractivity contribution in [3.8, 4) is 0 Å². The van der Waals surface area contributed by atoms with Gasteiger partial charge in [-0.1, -0.05) is 0 Å². The Morgan fingerprint density at radius 3 is 2.55 bits per heavy atom. The third-order valence-corrected chi connectivity index (χ3v) is 4.20. The van der Waals surface area contributed by atoms with Gasteiger partial charge in [0.2, 0.25) is 0 Å². The highest BCUT2D eigenvalue weighted by molar-refractivity contribution is 5.67. The van der Waals surface area contributed by atoms with E-state index in [0.717, 1.165) is 32.8 Å². The minimum absolute atomic E-state index is 0.324. The highest BCUT2D eigenvalue weighted by atomic mass is 16.6. The van der Waals surface area contributed by atoms with E-state index in [4.69, 9.17) is 9.47 Å². The van der Waals surface area contributed by atoms with Crippen molar-refractivity contribution in [3.05, 3.63) is 0 Å². The largest absolute Gasteiger partial charge is 0.444 e. The van der Waals surface area contributed by atoms with Crippen LogP contribution >= 0.6 is 0 Å². The average molecular weight is 284 g/mol. The zero-order valence-electron chi connectivity index (χ0n) is 13.0. The van der Waals surface area contributed by atoms with Crippen LogP contribution in [0.15, 0.2) is 0 Å². The van der Waals surface area contributed by atoms with Crippen LogP contribution in [0.2, 0.25) is 0 Å². The Morgan fingerprint density at radius 2 is 2.00 bits per heavy atom. The zero-order chi connectivity index (χ0) is 14.6. The van der Waals surface area contributed by atoms with Gasteiger partial charge in [0.25, 0.3) is 0 Å². The molecule has 0 aromatic rings. The van der Waals surface area contributed by atoms with E-state index in [1.165, 1.54) is 19.3 Å². The van der Waals surface area contributed by atoms with Gasteiger partial charge in [-0.2, -0.15) is 0 Å². The number of nitrogens with one attached hydrogen (secondary N) is 1. The Balaban J connectivity index is 1.60. The van der Waals surface area contributed by atoms with E-state index in [0.29, 0.717) is 12.0 Å². The van der Waals surface area contributed by atoms with E-state index in [1.54, 1.807) is 0 Å². The number of piperidine rings is 1. The van der Waals surface area contributed by atoms with Gasteiger partial charge in [-0.25, -0.2) is 4.79 Å². The summed E-state index contributed by atoms with van der Waals surface area (Å²) in [6.45, 7) is 11.3. The molecule has 2 saturated heterocycles. The Hall–Kier alpha value is -0.810. The van der Waals surface area contributed by atoms with Crippen LogP contribution < -0.4 is 5.32 Å². The summed E-state index contributed by atoms with van der Waals surface area (Å²) in [6, 6.07) is 0. The van der Waals surface area contributed by atoms with Crippen molar-refractivity contribution in [2.24, 2.45) is 5.41 Å². The first-order chi connectivity index (χ1) is 9.39. The molecule has 1 amide bonds. The summed E-state index contributed by atoms with van der Waals surface area (Å²) in [5.41, 5.74) is 0.0269. The Labute approximate surface area is 122 Å². The normalized spacial score (nSPS) is 22.9. The smallest absolute Gasteiger partial charge is 0.407 e. The minimum atomic E-state index is -0.427. The molecule has 5 nitrogen and oxygen atoms in total. The molecular weight excluding hydrogens is 256 g/mol. The summed E-state index contributed by atoms with van der Waals surface area (Å²) < 4.78 is 10.8. The molecule has 116 valence electrons. The summed E-state index contributed by atoms with van der Waals surface area (Å²) in [7, 11) is 0. The number of alkyl carbamates (subject to hydrolysis) is 1. The van der Waals surface area contributed by atoms with Gasteiger partial charge < -0.3 is 19.7 Å². The SMILES string of the molecule is CC(C)(C)OC(=O)NCCN1CCC2(CCOC2)CC1. The number of ether oxygens (including phenoxy) is 2. The molecule has 0 radical (unpaired) electrons. The van der Waals surface area contributed by atoms with Crippen LogP contribution in [0, 0.1) is 5.41 Å². The fourth-order valence-electron chi connectivity index (χ4n) is 2.93. The molecule has 2 aliphatic heterocycles. The lowest BCUT2D eigenvalue weighted by Gasteiger charge is -2.38. The second-order valence-electron chi connectivity index (χ2n) is 7.07. The molecule has 1 spiro atoms. The Bertz CT molecular complexity index is 323. The zero-order valence-corrected chi connectivity index (χ0v) is 13.0. The van der Waals surface area contributed by atoms with E-state index in [1.807, 2.05) is 20.8 Å². The molecule has 0 unspecified atom stereocenters. The predicted molar refractivity (Wildman–Crippen MR) is 77.8 cm³/mol. The second kappa shape index (κ2) is 6.31. The van der Waals surface area contributed by atoms with Crippen molar-refractivity contribution in [1.29, 1.82) is 0 Å². The molecule has 2 heterocycles. The van der Waals surface area contributed by atoms with Crippen molar-refractivity contribution in [1.82, 2.24) is 10.2 Å². The lowest BCUT2D eigenvalue weighted by molar-refractivity contribution is 0.0506. The third-order valence-electron chi connectivity index (χ3n) is 4.20. The van der Waals surface area contributed by atoms with Gasteiger partial charge in [-0.3, -0.25) is 0 Å². The Morgan fingerprint density at radius 1 is 1.30 bits per heavy atom. The quantitative estimate of drug-likeness (QED) is 0.861. The fourth-order valence-corrected chi connectivity index (χ4v) is 2.93. The maximum absolute atomic E-state index is 11.5. The first-order valence-electron chi connectivity index (χ1n) is 7.66. The number of nitrogens with zero attached hydrogens (tertiary/aromatic N) is 1. The van der Waals surface area contributed by atoms with Crippen molar-refractivity contribution in [2.45, 2.75) is 45.6 Å². The third kappa shape index (κ3) is 4.63. The first kappa shape index (κ1) is 15.6. The highest BCUT2D eigenvalue weighted by Crippen LogP contribution is 2.38. The number of rotatable bonds is 3. The molecule has 20 heavy (non-hydrogen) atoms. The first-order valence-corrected chi connectivity index (χ1v) is 7.66. The van der Waals surface area contributed by atoms with Gasteiger partial charge in [0.05, 0.1) is 6.61 Å². The van der Waals surface area contributed by atoms with Crippen molar-refractivity contribution in [3.63, 3.8) is 0 Å². The maximum Gasteiger partial charge on any atom is 0.407 e. The molecular formula is C15H28N2O3. The van der Waals surface area contributed by atoms with E-state index in [-0.39, 0.29) is 6.09 Å². The number of hydrogen-bond donors (Lipinski definition) is 1. The number of hydrogen-bond acceptors (Lipinski definition) is 4. The monoisotopic (exact) mass is 284 g/mol. The summed E-state index contributed by atoms with van der Waals surface area (Å²) in [5, 5.41) is 2.82. The molecule has 2 fully saturated rings. The molecule has 0 atom stereocenters. The molecule has 0 aromatic heterocycles. The maximum atomic E-state index is 11.5. The van der Waals surface area contributed by atoms with E-state index in [9.17, 15) is 4.79 Å². The van der Waals surface area contributed by atoms with Gasteiger partial charge in [-0.05, 0) is 58.5 Å². The molecule has 1 N–H and O–H groups in total. The minimum Gasteiger partial charge on any atom is -0.444 e. The summed E-state index contributed by atoms with van der Waals surface area (Å²) >= 11 is 0. The lowest BCUT2D eigenvalue weighted by Crippen LogP contribution is -2.44. The molecule has 5 heteroatoms. The average Bonchev–Trinajstić information content (AvgIpc) is 2.78. The van der Waals surface area contributed by atoms with Crippen LogP contribution in [0.5, 0.6) is 0 Å². The summed E-state index contributed by atoms with van der Waals surface area (Å²) in [5.74, 6) is 0. The van der Waals surface area contributed by atoms with Gasteiger partial charge in [0.15, 0.2) is 0 Å². The van der Waals surface area contributed by atoms with Crippen LogP contribution in [0.3, 0.4) is 0 Å². The second-order valence-corrected chi connectivity index (χ2v) is 7.07. The van der Waals surface area contributed by atoms with Gasteiger partial charge in [0.1, 0.15) is 5.60 Å². The van der Waals surface area contributed by atoms with Crippen LogP contribution in [0.4, 0.5) is 4.79 Å². The topological polar surface area (TPSA) is 50.8 Å². The molecule has 2 rings (SSSR count). The van der Waals surface area contributed by atoms with E-state index >= 15 is 0 Å². The number of carbonyl (C=O) groups is 1. The molecule has 2 aliphatic rings. The van der Waals surface area contributed by atoms with Gasteiger partial charge in [0, 0.05) is 19.7 Å². The number of likely N-dealkylation sites (tertiary alicyclic amines) is 1. The number of carbonyl (C=O) groups excluding carboxylic acids is 1. The van der Waals surface area contributed by atoms with Crippen molar-refractivity contribution in [2.75, 3.05) is 39.4 Å². The Kier molecular flexibility index (Phi) is 4.91. The van der Waals surface area contributed by atoms with Crippen LogP contribution in [-0.2, 0) is 9.47 Å².